The number of nitrogens with zero attached hydrogens (tertiary/aromatic N) is 2. The van der Waals surface area contributed by atoms with Crippen LogP contribution in [-0.2, 0) is 0 Å². The van der Waals surface area contributed by atoms with Gasteiger partial charge in [-0.15, -0.1) is 0 Å². The van der Waals surface area contributed by atoms with Crippen LogP contribution in [0.4, 0.5) is 0 Å². The fourth-order valence-corrected chi connectivity index (χ4v) is 2.29. The average Bonchev–Trinajstić information content (AvgIpc) is 3.18. The number of rotatable bonds is 7. The van der Waals surface area contributed by atoms with E-state index in [4.69, 9.17) is 4.74 Å². The van der Waals surface area contributed by atoms with E-state index in [0.29, 0.717) is 18.0 Å². The van der Waals surface area contributed by atoms with Crippen LogP contribution in [0.5, 0.6) is 5.75 Å². The molecule has 1 heterocycles. The van der Waals surface area contributed by atoms with Crippen molar-refractivity contribution in [1.82, 2.24) is 15.6 Å². The van der Waals surface area contributed by atoms with Crippen LogP contribution in [-0.4, -0.2) is 28.9 Å². The maximum atomic E-state index is 12.1. The van der Waals surface area contributed by atoms with Crippen LogP contribution in [0.1, 0.15) is 29.4 Å². The Morgan fingerprint density at radius 3 is 2.69 bits per heavy atom. The molecule has 0 aliphatic carbocycles. The van der Waals surface area contributed by atoms with E-state index in [-0.39, 0.29) is 5.91 Å². The van der Waals surface area contributed by atoms with Crippen LogP contribution < -0.4 is 10.2 Å². The maximum absolute atomic E-state index is 12.1. The second kappa shape index (κ2) is 8.62. The van der Waals surface area contributed by atoms with E-state index in [0.717, 1.165) is 23.3 Å². The van der Waals surface area contributed by atoms with Gasteiger partial charge in [0.05, 0.1) is 18.5 Å². The molecular formula is C20H20N4O2. The Balaban J connectivity index is 1.61. The van der Waals surface area contributed by atoms with Crippen molar-refractivity contribution in [2.45, 2.75) is 13.3 Å². The minimum absolute atomic E-state index is 0.344. The Kier molecular flexibility index (Phi) is 5.77. The molecule has 3 aromatic rings. The van der Waals surface area contributed by atoms with Crippen molar-refractivity contribution < 1.29 is 9.53 Å². The summed E-state index contributed by atoms with van der Waals surface area (Å²) in [6.45, 7) is 2.75. The molecule has 1 aromatic heterocycles. The van der Waals surface area contributed by atoms with Gasteiger partial charge in [0.2, 0.25) is 0 Å². The lowest BCUT2D eigenvalue weighted by molar-refractivity contribution is 0.0950. The number of hydrazone groups is 1. The molecule has 0 unspecified atom stereocenters. The summed E-state index contributed by atoms with van der Waals surface area (Å²) in [6.07, 6.45) is 2.55. The first-order valence-electron chi connectivity index (χ1n) is 8.43. The highest BCUT2D eigenvalue weighted by atomic mass is 16.5. The molecule has 6 nitrogen and oxygen atoms in total. The first-order valence-corrected chi connectivity index (χ1v) is 8.43. The number of benzene rings is 2. The van der Waals surface area contributed by atoms with Gasteiger partial charge in [-0.1, -0.05) is 37.3 Å². The van der Waals surface area contributed by atoms with Crippen LogP contribution in [0.3, 0.4) is 0 Å². The number of amides is 1. The van der Waals surface area contributed by atoms with Crippen molar-refractivity contribution in [1.29, 1.82) is 0 Å². The van der Waals surface area contributed by atoms with Gasteiger partial charge in [0.1, 0.15) is 11.4 Å². The molecule has 0 atom stereocenters. The van der Waals surface area contributed by atoms with Gasteiger partial charge in [0.15, 0.2) is 0 Å². The first-order chi connectivity index (χ1) is 12.8. The number of aromatic nitrogens is 2. The average molecular weight is 348 g/mol. The highest BCUT2D eigenvalue weighted by molar-refractivity contribution is 5.94. The number of carbonyl (C=O) groups excluding carboxylic acids is 1. The zero-order valence-corrected chi connectivity index (χ0v) is 14.5. The van der Waals surface area contributed by atoms with E-state index in [9.17, 15) is 4.79 Å². The third-order valence-electron chi connectivity index (χ3n) is 3.62. The minimum atomic E-state index is -0.348. The molecular weight excluding hydrogens is 328 g/mol. The zero-order valence-electron chi connectivity index (χ0n) is 14.5. The van der Waals surface area contributed by atoms with Crippen LogP contribution in [0.2, 0.25) is 0 Å². The molecule has 132 valence electrons. The van der Waals surface area contributed by atoms with Crippen molar-refractivity contribution in [3.63, 3.8) is 0 Å². The summed E-state index contributed by atoms with van der Waals surface area (Å²) in [7, 11) is 0. The number of ether oxygens (including phenoxy) is 1. The van der Waals surface area contributed by atoms with Crippen LogP contribution in [0, 0.1) is 0 Å². The molecule has 0 bridgehead atoms. The van der Waals surface area contributed by atoms with E-state index < -0.39 is 0 Å². The van der Waals surface area contributed by atoms with Crippen molar-refractivity contribution >= 4 is 12.1 Å². The predicted molar refractivity (Wildman–Crippen MR) is 101 cm³/mol. The fourth-order valence-electron chi connectivity index (χ4n) is 2.29. The topological polar surface area (TPSA) is 79.4 Å². The second-order valence-electron chi connectivity index (χ2n) is 5.65. The number of H-pyrrole nitrogens is 1. The minimum Gasteiger partial charge on any atom is -0.494 e. The summed E-state index contributed by atoms with van der Waals surface area (Å²) in [5, 5.41) is 10.9. The fraction of sp³-hybridized carbons (Fsp3) is 0.150. The van der Waals surface area contributed by atoms with Crippen molar-refractivity contribution in [3.8, 4) is 17.0 Å². The number of nitrogens with one attached hydrogen (secondary N) is 2. The molecule has 26 heavy (non-hydrogen) atoms. The lowest BCUT2D eigenvalue weighted by Gasteiger charge is -2.04. The molecule has 0 aliphatic heterocycles. The summed E-state index contributed by atoms with van der Waals surface area (Å²) in [6, 6.07) is 18.8. The number of carbonyl (C=O) groups is 1. The lowest BCUT2D eigenvalue weighted by atomic mass is 10.1. The smallest absolute Gasteiger partial charge is 0.289 e. The Bertz CT molecular complexity index is 870. The summed E-state index contributed by atoms with van der Waals surface area (Å²) >= 11 is 0. The summed E-state index contributed by atoms with van der Waals surface area (Å²) in [4.78, 5) is 12.1. The van der Waals surface area contributed by atoms with E-state index in [1.165, 1.54) is 0 Å². The van der Waals surface area contributed by atoms with Gasteiger partial charge in [-0.25, -0.2) is 5.43 Å². The van der Waals surface area contributed by atoms with Gasteiger partial charge < -0.3 is 4.74 Å². The van der Waals surface area contributed by atoms with Crippen LogP contribution in [0.25, 0.3) is 11.3 Å². The van der Waals surface area contributed by atoms with Crippen LogP contribution >= 0.6 is 0 Å². The first kappa shape index (κ1) is 17.4. The predicted octanol–water partition coefficient (Wildman–Crippen LogP) is 3.63. The van der Waals surface area contributed by atoms with Crippen molar-refractivity contribution in [2.75, 3.05) is 6.61 Å². The van der Waals surface area contributed by atoms with E-state index in [1.54, 1.807) is 12.3 Å². The van der Waals surface area contributed by atoms with Gasteiger partial charge in [-0.3, -0.25) is 9.89 Å². The Labute approximate surface area is 151 Å². The quantitative estimate of drug-likeness (QED) is 0.505. The van der Waals surface area contributed by atoms with Gasteiger partial charge >= 0.3 is 0 Å². The molecule has 0 saturated heterocycles. The van der Waals surface area contributed by atoms with E-state index in [1.807, 2.05) is 54.6 Å². The third-order valence-corrected chi connectivity index (χ3v) is 3.62. The van der Waals surface area contributed by atoms with E-state index >= 15 is 0 Å². The van der Waals surface area contributed by atoms with Gasteiger partial charge in [0, 0.05) is 5.56 Å². The summed E-state index contributed by atoms with van der Waals surface area (Å²) in [5.41, 5.74) is 5.32. The normalized spacial score (nSPS) is 10.8. The zero-order chi connectivity index (χ0) is 18.2. The number of aromatic amines is 1. The molecule has 2 N–H and O–H groups in total. The Morgan fingerprint density at radius 2 is 1.96 bits per heavy atom. The van der Waals surface area contributed by atoms with Crippen LogP contribution in [0.15, 0.2) is 65.8 Å². The molecule has 2 aromatic carbocycles. The lowest BCUT2D eigenvalue weighted by Crippen LogP contribution is -2.17. The molecule has 0 spiro atoms. The molecule has 1 amide bonds. The van der Waals surface area contributed by atoms with E-state index in [2.05, 4.69) is 27.6 Å². The highest BCUT2D eigenvalue weighted by Crippen LogP contribution is 2.21. The largest absolute Gasteiger partial charge is 0.494 e. The SMILES string of the molecule is CCCOc1ccc(-c2cc(C(=O)N/N=C/c3ccccc3)[nH]n2)cc1. The molecule has 6 heteroatoms. The van der Waals surface area contributed by atoms with Crippen molar-refractivity contribution in [3.05, 3.63) is 71.9 Å². The maximum Gasteiger partial charge on any atom is 0.289 e. The summed E-state index contributed by atoms with van der Waals surface area (Å²) in [5.74, 6) is 0.471. The molecule has 3 rings (SSSR count). The van der Waals surface area contributed by atoms with Gasteiger partial charge in [0.25, 0.3) is 5.91 Å². The molecule has 0 saturated carbocycles. The highest BCUT2D eigenvalue weighted by Gasteiger charge is 2.10. The second-order valence-corrected chi connectivity index (χ2v) is 5.65. The molecule has 0 radical (unpaired) electrons. The third kappa shape index (κ3) is 4.57. The van der Waals surface area contributed by atoms with Crippen molar-refractivity contribution in [2.24, 2.45) is 5.10 Å². The van der Waals surface area contributed by atoms with Gasteiger partial charge in [-0.05, 0) is 42.3 Å². The molecule has 0 aliphatic rings. The Hall–Kier alpha value is -3.41. The molecule has 0 fully saturated rings. The monoisotopic (exact) mass is 348 g/mol. The number of hydrogen-bond donors (Lipinski definition) is 2. The standard InChI is InChI=1S/C20H20N4O2/c1-2-12-26-17-10-8-16(9-11-17)18-13-19(23-22-18)20(25)24-21-14-15-6-4-3-5-7-15/h3-11,13-14H,2,12H2,1H3,(H,22,23)(H,24,25)/b21-14+. The van der Waals surface area contributed by atoms with Gasteiger partial charge in [-0.2, -0.15) is 10.2 Å². The number of hydrogen-bond acceptors (Lipinski definition) is 4. The Morgan fingerprint density at radius 1 is 1.19 bits per heavy atom. The summed E-state index contributed by atoms with van der Waals surface area (Å²) < 4.78 is 5.56.